The molecule has 2 aromatic heterocycles. The molecule has 1 aliphatic heterocycles. The first-order valence-corrected chi connectivity index (χ1v) is 9.65. The lowest BCUT2D eigenvalue weighted by Gasteiger charge is -2.26. The van der Waals surface area contributed by atoms with Gasteiger partial charge in [0.25, 0.3) is 5.91 Å². The van der Waals surface area contributed by atoms with Crippen molar-refractivity contribution >= 4 is 16.8 Å². The van der Waals surface area contributed by atoms with Gasteiger partial charge in [0.2, 0.25) is 0 Å². The first-order valence-electron chi connectivity index (χ1n) is 9.65. The third kappa shape index (κ3) is 3.50. The maximum atomic E-state index is 12.6. The molecule has 0 spiro atoms. The zero-order valence-corrected chi connectivity index (χ0v) is 15.8. The van der Waals surface area contributed by atoms with E-state index in [-0.39, 0.29) is 5.91 Å². The predicted molar refractivity (Wildman–Crippen MR) is 111 cm³/mol. The Labute approximate surface area is 168 Å². The van der Waals surface area contributed by atoms with Crippen molar-refractivity contribution in [1.82, 2.24) is 19.9 Å². The lowest BCUT2D eigenvalue weighted by molar-refractivity contribution is 0.0303. The van der Waals surface area contributed by atoms with Crippen LogP contribution in [0.1, 0.15) is 10.4 Å². The van der Waals surface area contributed by atoms with E-state index in [2.05, 4.69) is 16.0 Å². The Morgan fingerprint density at radius 3 is 2.45 bits per heavy atom. The Kier molecular flexibility index (Phi) is 4.54. The molecular formula is C23H20N4O2. The summed E-state index contributed by atoms with van der Waals surface area (Å²) in [6.07, 6.45) is 5.45. The maximum Gasteiger partial charge on any atom is 0.254 e. The minimum atomic E-state index is 0.0412. The van der Waals surface area contributed by atoms with Gasteiger partial charge in [0, 0.05) is 46.9 Å². The average Bonchev–Trinajstić information content (AvgIpc) is 3.27. The fourth-order valence-corrected chi connectivity index (χ4v) is 3.59. The number of hydrogen-bond acceptors (Lipinski definition) is 4. The van der Waals surface area contributed by atoms with Gasteiger partial charge < -0.3 is 14.6 Å². The fourth-order valence-electron chi connectivity index (χ4n) is 3.59. The van der Waals surface area contributed by atoms with E-state index in [1.807, 2.05) is 53.6 Å². The summed E-state index contributed by atoms with van der Waals surface area (Å²) in [7, 11) is 0. The molecule has 0 atom stereocenters. The topological polar surface area (TPSA) is 71.1 Å². The molecule has 6 heteroatoms. The predicted octanol–water partition coefficient (Wildman–Crippen LogP) is 3.76. The summed E-state index contributed by atoms with van der Waals surface area (Å²) in [5.74, 6) is 0.0412. The van der Waals surface area contributed by atoms with Crippen LogP contribution in [0.5, 0.6) is 0 Å². The van der Waals surface area contributed by atoms with Gasteiger partial charge in [0.05, 0.1) is 37.0 Å². The highest BCUT2D eigenvalue weighted by Gasteiger charge is 2.18. The van der Waals surface area contributed by atoms with Gasteiger partial charge in [-0.3, -0.25) is 9.78 Å². The van der Waals surface area contributed by atoms with Gasteiger partial charge in [0.15, 0.2) is 0 Å². The molecule has 0 radical (unpaired) electrons. The monoisotopic (exact) mass is 384 g/mol. The van der Waals surface area contributed by atoms with E-state index in [9.17, 15) is 4.79 Å². The Morgan fingerprint density at radius 1 is 0.931 bits per heavy atom. The Bertz CT molecular complexity index is 1160. The van der Waals surface area contributed by atoms with Crippen molar-refractivity contribution < 1.29 is 9.53 Å². The van der Waals surface area contributed by atoms with Gasteiger partial charge in [-0.1, -0.05) is 18.2 Å². The lowest BCUT2D eigenvalue weighted by atomic mass is 10.1. The minimum Gasteiger partial charge on any atom is -0.378 e. The molecule has 1 aliphatic rings. The molecule has 29 heavy (non-hydrogen) atoms. The van der Waals surface area contributed by atoms with E-state index in [0.29, 0.717) is 31.9 Å². The van der Waals surface area contributed by atoms with Crippen LogP contribution >= 0.6 is 0 Å². The molecular weight excluding hydrogens is 364 g/mol. The highest BCUT2D eigenvalue weighted by atomic mass is 16.5. The molecule has 5 rings (SSSR count). The first-order chi connectivity index (χ1) is 14.3. The molecule has 3 heterocycles. The SMILES string of the molecule is O=C(c1ccc(-c2cncc(-c3ccc4[nH]ccc4c3)n2)cc1)N1CCOCC1. The van der Waals surface area contributed by atoms with Crippen LogP contribution in [-0.4, -0.2) is 52.1 Å². The molecule has 0 unspecified atom stereocenters. The van der Waals surface area contributed by atoms with Gasteiger partial charge >= 0.3 is 0 Å². The van der Waals surface area contributed by atoms with Crippen molar-refractivity contribution in [2.24, 2.45) is 0 Å². The van der Waals surface area contributed by atoms with Crippen LogP contribution in [0, 0.1) is 0 Å². The fraction of sp³-hybridized carbons (Fsp3) is 0.174. The van der Waals surface area contributed by atoms with E-state index in [1.54, 1.807) is 12.4 Å². The van der Waals surface area contributed by atoms with E-state index >= 15 is 0 Å². The largest absolute Gasteiger partial charge is 0.378 e. The van der Waals surface area contributed by atoms with Gasteiger partial charge in [-0.2, -0.15) is 0 Å². The molecule has 144 valence electrons. The molecule has 2 aromatic carbocycles. The summed E-state index contributed by atoms with van der Waals surface area (Å²) in [6.45, 7) is 2.47. The van der Waals surface area contributed by atoms with Crippen molar-refractivity contribution in [2.45, 2.75) is 0 Å². The number of benzene rings is 2. The van der Waals surface area contributed by atoms with E-state index in [4.69, 9.17) is 9.72 Å². The molecule has 0 bridgehead atoms. The van der Waals surface area contributed by atoms with E-state index in [0.717, 1.165) is 33.4 Å². The van der Waals surface area contributed by atoms with Crippen molar-refractivity contribution in [2.75, 3.05) is 26.3 Å². The molecule has 0 aliphatic carbocycles. The van der Waals surface area contributed by atoms with Crippen LogP contribution in [0.2, 0.25) is 0 Å². The molecule has 1 saturated heterocycles. The summed E-state index contributed by atoms with van der Waals surface area (Å²) in [5.41, 5.74) is 5.32. The highest BCUT2D eigenvalue weighted by molar-refractivity contribution is 5.94. The van der Waals surface area contributed by atoms with Crippen molar-refractivity contribution in [3.05, 3.63) is 72.7 Å². The van der Waals surface area contributed by atoms with Gasteiger partial charge in [0.1, 0.15) is 0 Å². The molecule has 1 fully saturated rings. The summed E-state index contributed by atoms with van der Waals surface area (Å²) in [6, 6.07) is 15.8. The number of fused-ring (bicyclic) bond motifs is 1. The van der Waals surface area contributed by atoms with Crippen molar-refractivity contribution in [3.8, 4) is 22.5 Å². The minimum absolute atomic E-state index is 0.0412. The standard InChI is InChI=1S/C23H20N4O2/c28-23(27-9-11-29-12-10-27)17-3-1-16(2-4-17)21-14-24-15-22(26-21)18-5-6-20-19(13-18)7-8-25-20/h1-8,13-15,25H,9-12H2. The molecule has 4 aromatic rings. The zero-order chi connectivity index (χ0) is 19.6. The number of morpholine rings is 1. The molecule has 0 saturated carbocycles. The Hall–Kier alpha value is -3.51. The maximum absolute atomic E-state index is 12.6. The molecule has 1 amide bonds. The van der Waals surface area contributed by atoms with Crippen LogP contribution in [0.25, 0.3) is 33.4 Å². The molecule has 1 N–H and O–H groups in total. The number of aromatic amines is 1. The van der Waals surface area contributed by atoms with E-state index < -0.39 is 0 Å². The van der Waals surface area contributed by atoms with Crippen molar-refractivity contribution in [3.63, 3.8) is 0 Å². The van der Waals surface area contributed by atoms with Crippen LogP contribution in [-0.2, 0) is 4.74 Å². The summed E-state index contributed by atoms with van der Waals surface area (Å²) in [5, 5.41) is 1.14. The first kappa shape index (κ1) is 17.6. The van der Waals surface area contributed by atoms with Gasteiger partial charge in [-0.15, -0.1) is 0 Å². The number of amides is 1. The van der Waals surface area contributed by atoms with Gasteiger partial charge in [-0.25, -0.2) is 4.98 Å². The number of H-pyrrole nitrogens is 1. The quantitative estimate of drug-likeness (QED) is 0.584. The summed E-state index contributed by atoms with van der Waals surface area (Å²) >= 11 is 0. The smallest absolute Gasteiger partial charge is 0.254 e. The van der Waals surface area contributed by atoms with Gasteiger partial charge in [-0.05, 0) is 30.3 Å². The van der Waals surface area contributed by atoms with Crippen LogP contribution in [0.4, 0.5) is 0 Å². The third-order valence-corrected chi connectivity index (χ3v) is 5.21. The van der Waals surface area contributed by atoms with Crippen LogP contribution in [0.15, 0.2) is 67.1 Å². The second-order valence-corrected chi connectivity index (χ2v) is 7.05. The van der Waals surface area contributed by atoms with Crippen molar-refractivity contribution in [1.29, 1.82) is 0 Å². The molecule has 6 nitrogen and oxygen atoms in total. The van der Waals surface area contributed by atoms with Crippen LogP contribution in [0.3, 0.4) is 0 Å². The average molecular weight is 384 g/mol. The number of hydrogen-bond donors (Lipinski definition) is 1. The number of aromatic nitrogens is 3. The Balaban J connectivity index is 1.41. The number of rotatable bonds is 3. The highest BCUT2D eigenvalue weighted by Crippen LogP contribution is 2.25. The second-order valence-electron chi connectivity index (χ2n) is 7.05. The number of ether oxygens (including phenoxy) is 1. The lowest BCUT2D eigenvalue weighted by Crippen LogP contribution is -2.40. The zero-order valence-electron chi connectivity index (χ0n) is 15.8. The third-order valence-electron chi connectivity index (χ3n) is 5.21. The number of carbonyl (C=O) groups excluding carboxylic acids is 1. The normalized spacial score (nSPS) is 14.3. The Morgan fingerprint density at radius 2 is 1.66 bits per heavy atom. The second kappa shape index (κ2) is 7.48. The number of nitrogens with one attached hydrogen (secondary N) is 1. The number of carbonyl (C=O) groups is 1. The van der Waals surface area contributed by atoms with Crippen LogP contribution < -0.4 is 0 Å². The number of nitrogens with zero attached hydrogens (tertiary/aromatic N) is 3. The summed E-state index contributed by atoms with van der Waals surface area (Å²) < 4.78 is 5.32. The summed E-state index contributed by atoms with van der Waals surface area (Å²) in [4.78, 5) is 26.8. The van der Waals surface area contributed by atoms with E-state index in [1.165, 1.54) is 0 Å².